The molecule has 0 unspecified atom stereocenters. The monoisotopic (exact) mass is 194 g/mol. The van der Waals surface area contributed by atoms with E-state index in [0.29, 0.717) is 5.02 Å². The van der Waals surface area contributed by atoms with Crippen LogP contribution >= 0.6 is 11.6 Å². The summed E-state index contributed by atoms with van der Waals surface area (Å²) >= 11 is 5.99. The number of fused-ring (bicyclic) bond motifs is 1. The fraction of sp³-hybridized carbons (Fsp3) is 0.364. The zero-order valence-electron chi connectivity index (χ0n) is 7.73. The van der Waals surface area contributed by atoms with Crippen molar-refractivity contribution in [1.82, 2.24) is 0 Å². The van der Waals surface area contributed by atoms with Gasteiger partial charge in [-0.1, -0.05) is 17.7 Å². The summed E-state index contributed by atoms with van der Waals surface area (Å²) in [5, 5.41) is 0.716. The van der Waals surface area contributed by atoms with Gasteiger partial charge >= 0.3 is 0 Å². The van der Waals surface area contributed by atoms with E-state index in [9.17, 15) is 0 Å². The van der Waals surface area contributed by atoms with Crippen LogP contribution in [0.2, 0.25) is 5.02 Å². The topological polar surface area (TPSA) is 9.23 Å². The van der Waals surface area contributed by atoms with E-state index in [4.69, 9.17) is 16.3 Å². The molecular formula is C11H11ClO. The Labute approximate surface area is 83.7 Å². The molecule has 1 aliphatic heterocycles. The Kier molecular flexibility index (Phi) is 1.99. The second-order valence-corrected chi connectivity index (χ2v) is 4.24. The molecule has 0 aromatic heterocycles. The Hall–Kier alpha value is -0.690. The lowest BCUT2D eigenvalue weighted by molar-refractivity contribution is 0.0988. The molecule has 1 nitrogen and oxygen atoms in total. The van der Waals surface area contributed by atoms with Gasteiger partial charge in [-0.25, -0.2) is 0 Å². The lowest BCUT2D eigenvalue weighted by Gasteiger charge is -2.32. The molecule has 2 radical (unpaired) electrons. The van der Waals surface area contributed by atoms with E-state index in [-0.39, 0.29) is 5.60 Å². The van der Waals surface area contributed by atoms with Gasteiger partial charge in [-0.3, -0.25) is 0 Å². The van der Waals surface area contributed by atoms with Crippen molar-refractivity contribution in [1.29, 1.82) is 0 Å². The van der Waals surface area contributed by atoms with Crippen LogP contribution in [0.15, 0.2) is 18.2 Å². The molecule has 2 rings (SSSR count). The SMILES string of the molecule is CC1(C)C[C]c2c(Cl)cccc2O1. The largest absolute Gasteiger partial charge is 0.487 e. The predicted octanol–water partition coefficient (Wildman–Crippen LogP) is 3.33. The molecule has 0 saturated carbocycles. The van der Waals surface area contributed by atoms with Crippen LogP contribution in [0.4, 0.5) is 0 Å². The van der Waals surface area contributed by atoms with Crippen LogP contribution in [0.3, 0.4) is 0 Å². The Balaban J connectivity index is 2.42. The number of hydrogen-bond acceptors (Lipinski definition) is 1. The van der Waals surface area contributed by atoms with Gasteiger partial charge < -0.3 is 4.74 Å². The molecule has 1 aliphatic rings. The standard InChI is InChI=1S/C11H11ClO/c1-11(2)7-6-8-9(12)4-3-5-10(8)13-11/h3-5H,7H2,1-2H3. The third kappa shape index (κ3) is 1.66. The van der Waals surface area contributed by atoms with Crippen molar-refractivity contribution in [2.45, 2.75) is 25.9 Å². The van der Waals surface area contributed by atoms with Gasteiger partial charge in [0, 0.05) is 17.0 Å². The lowest BCUT2D eigenvalue weighted by atomic mass is 9.94. The lowest BCUT2D eigenvalue weighted by Crippen LogP contribution is -2.31. The van der Waals surface area contributed by atoms with Crippen molar-refractivity contribution < 1.29 is 4.74 Å². The highest BCUT2D eigenvalue weighted by Gasteiger charge is 2.27. The van der Waals surface area contributed by atoms with Crippen LogP contribution in [0, 0.1) is 6.42 Å². The van der Waals surface area contributed by atoms with Crippen molar-refractivity contribution in [3.8, 4) is 5.75 Å². The number of hydrogen-bond donors (Lipinski definition) is 0. The van der Waals surface area contributed by atoms with Crippen LogP contribution in [0.25, 0.3) is 0 Å². The Morgan fingerprint density at radius 2 is 2.23 bits per heavy atom. The second-order valence-electron chi connectivity index (χ2n) is 3.83. The summed E-state index contributed by atoms with van der Waals surface area (Å²) in [5.74, 6) is 0.837. The van der Waals surface area contributed by atoms with Crippen LogP contribution in [0.5, 0.6) is 5.75 Å². The van der Waals surface area contributed by atoms with Gasteiger partial charge in [0.05, 0.1) is 0 Å². The summed E-state index contributed by atoms with van der Waals surface area (Å²) < 4.78 is 5.75. The Morgan fingerprint density at radius 3 is 3.00 bits per heavy atom. The summed E-state index contributed by atoms with van der Waals surface area (Å²) in [5.41, 5.74) is 0.751. The molecule has 1 aromatic carbocycles. The summed E-state index contributed by atoms with van der Waals surface area (Å²) in [6.07, 6.45) is 4.05. The highest BCUT2D eigenvalue weighted by Crippen LogP contribution is 2.37. The van der Waals surface area contributed by atoms with Gasteiger partial charge in [0.2, 0.25) is 0 Å². The van der Waals surface area contributed by atoms with Gasteiger partial charge in [0.1, 0.15) is 11.4 Å². The number of rotatable bonds is 0. The van der Waals surface area contributed by atoms with E-state index >= 15 is 0 Å². The molecule has 2 heteroatoms. The maximum absolute atomic E-state index is 5.99. The Morgan fingerprint density at radius 1 is 1.46 bits per heavy atom. The first kappa shape index (κ1) is 8.89. The molecule has 0 aliphatic carbocycles. The van der Waals surface area contributed by atoms with Crippen molar-refractivity contribution >= 4 is 11.6 Å². The van der Waals surface area contributed by atoms with Crippen LogP contribution in [0.1, 0.15) is 25.8 Å². The molecule has 1 aromatic rings. The molecule has 1 heterocycles. The highest BCUT2D eigenvalue weighted by molar-refractivity contribution is 6.31. The minimum Gasteiger partial charge on any atom is -0.487 e. The quantitative estimate of drug-likeness (QED) is 0.616. The molecule has 0 amide bonds. The van der Waals surface area contributed by atoms with Crippen molar-refractivity contribution in [3.63, 3.8) is 0 Å². The predicted molar refractivity (Wildman–Crippen MR) is 53.1 cm³/mol. The fourth-order valence-corrected chi connectivity index (χ4v) is 1.63. The van der Waals surface area contributed by atoms with Crippen molar-refractivity contribution in [3.05, 3.63) is 35.2 Å². The number of ether oxygens (including phenoxy) is 1. The maximum Gasteiger partial charge on any atom is 0.125 e. The summed E-state index contributed by atoms with van der Waals surface area (Å²) in [6.45, 7) is 4.09. The van der Waals surface area contributed by atoms with E-state index in [1.54, 1.807) is 0 Å². The average Bonchev–Trinajstić information content (AvgIpc) is 2.02. The minimum absolute atomic E-state index is 0.155. The second kappa shape index (κ2) is 2.91. The summed E-state index contributed by atoms with van der Waals surface area (Å²) in [7, 11) is 0. The first-order valence-electron chi connectivity index (χ1n) is 4.30. The van der Waals surface area contributed by atoms with Gasteiger partial charge in [-0.05, 0) is 32.4 Å². The minimum atomic E-state index is -0.155. The number of halogens is 1. The summed E-state index contributed by atoms with van der Waals surface area (Å²) in [6, 6.07) is 5.68. The molecule has 0 fully saturated rings. The van der Waals surface area contributed by atoms with Gasteiger partial charge in [0.25, 0.3) is 0 Å². The van der Waals surface area contributed by atoms with E-state index in [2.05, 4.69) is 6.42 Å². The molecule has 0 atom stereocenters. The smallest absolute Gasteiger partial charge is 0.125 e. The molecule has 13 heavy (non-hydrogen) atoms. The fourth-order valence-electron chi connectivity index (χ4n) is 1.40. The van der Waals surface area contributed by atoms with Crippen LogP contribution in [-0.2, 0) is 0 Å². The molecular weight excluding hydrogens is 184 g/mol. The van der Waals surface area contributed by atoms with E-state index in [0.717, 1.165) is 17.7 Å². The van der Waals surface area contributed by atoms with Gasteiger partial charge in [0.15, 0.2) is 0 Å². The molecule has 0 spiro atoms. The third-order valence-electron chi connectivity index (χ3n) is 2.05. The zero-order chi connectivity index (χ0) is 9.47. The molecule has 68 valence electrons. The number of benzene rings is 1. The highest BCUT2D eigenvalue weighted by atomic mass is 35.5. The van der Waals surface area contributed by atoms with Crippen molar-refractivity contribution in [2.75, 3.05) is 0 Å². The first-order chi connectivity index (χ1) is 6.08. The Bertz CT molecular complexity index is 331. The third-order valence-corrected chi connectivity index (χ3v) is 2.37. The van der Waals surface area contributed by atoms with E-state index in [1.807, 2.05) is 32.0 Å². The van der Waals surface area contributed by atoms with E-state index in [1.165, 1.54) is 0 Å². The average molecular weight is 195 g/mol. The van der Waals surface area contributed by atoms with Crippen molar-refractivity contribution in [2.24, 2.45) is 0 Å². The summed E-state index contributed by atoms with van der Waals surface area (Å²) in [4.78, 5) is 0. The van der Waals surface area contributed by atoms with Crippen LogP contribution in [-0.4, -0.2) is 5.60 Å². The molecule has 0 N–H and O–H groups in total. The van der Waals surface area contributed by atoms with E-state index < -0.39 is 0 Å². The van der Waals surface area contributed by atoms with Crippen LogP contribution < -0.4 is 4.74 Å². The first-order valence-corrected chi connectivity index (χ1v) is 4.68. The van der Waals surface area contributed by atoms with Gasteiger partial charge in [-0.2, -0.15) is 0 Å². The maximum atomic E-state index is 5.99. The zero-order valence-corrected chi connectivity index (χ0v) is 8.48. The molecule has 0 saturated heterocycles. The molecule has 0 bridgehead atoms. The van der Waals surface area contributed by atoms with Gasteiger partial charge in [-0.15, -0.1) is 0 Å². The normalized spacial score (nSPS) is 19.0.